The van der Waals surface area contributed by atoms with Gasteiger partial charge >= 0.3 is 5.97 Å². The summed E-state index contributed by atoms with van der Waals surface area (Å²) in [6.45, 7) is 2.00. The SMILES string of the molecule is COc1cc(C=C2C=C(c3ccc(C)cc3)OC2=O)ccc1O. The fourth-order valence-corrected chi connectivity index (χ4v) is 2.31. The molecule has 116 valence electrons. The lowest BCUT2D eigenvalue weighted by atomic mass is 10.1. The Morgan fingerprint density at radius 1 is 1.13 bits per heavy atom. The van der Waals surface area contributed by atoms with E-state index in [1.54, 1.807) is 24.3 Å². The maximum atomic E-state index is 12.0. The summed E-state index contributed by atoms with van der Waals surface area (Å²) in [5.74, 6) is 0.549. The number of phenolic OH excluding ortho intramolecular Hbond substituents is 1. The molecule has 0 spiro atoms. The van der Waals surface area contributed by atoms with Crippen molar-refractivity contribution < 1.29 is 19.4 Å². The highest BCUT2D eigenvalue weighted by Gasteiger charge is 2.22. The molecule has 0 amide bonds. The Bertz CT molecular complexity index is 814. The predicted molar refractivity (Wildman–Crippen MR) is 87.9 cm³/mol. The van der Waals surface area contributed by atoms with Gasteiger partial charge in [-0.2, -0.15) is 0 Å². The van der Waals surface area contributed by atoms with E-state index in [0.29, 0.717) is 17.1 Å². The fraction of sp³-hybridized carbons (Fsp3) is 0.105. The van der Waals surface area contributed by atoms with Gasteiger partial charge in [0, 0.05) is 5.56 Å². The van der Waals surface area contributed by atoms with Gasteiger partial charge in [0.05, 0.1) is 12.7 Å². The third kappa shape index (κ3) is 3.11. The Morgan fingerprint density at radius 2 is 1.87 bits per heavy atom. The van der Waals surface area contributed by atoms with Crippen LogP contribution >= 0.6 is 0 Å². The van der Waals surface area contributed by atoms with E-state index in [0.717, 1.165) is 16.7 Å². The lowest BCUT2D eigenvalue weighted by molar-refractivity contribution is -0.130. The number of aromatic hydroxyl groups is 1. The number of esters is 1. The second-order valence-electron chi connectivity index (χ2n) is 5.30. The van der Waals surface area contributed by atoms with Gasteiger partial charge in [-0.25, -0.2) is 4.79 Å². The highest BCUT2D eigenvalue weighted by molar-refractivity contribution is 6.05. The van der Waals surface area contributed by atoms with E-state index < -0.39 is 5.97 Å². The van der Waals surface area contributed by atoms with Crippen molar-refractivity contribution in [3.63, 3.8) is 0 Å². The zero-order chi connectivity index (χ0) is 16.4. The average Bonchev–Trinajstić information content (AvgIpc) is 2.91. The van der Waals surface area contributed by atoms with Crippen LogP contribution in [-0.4, -0.2) is 18.2 Å². The molecular weight excluding hydrogens is 292 g/mol. The molecule has 0 atom stereocenters. The van der Waals surface area contributed by atoms with Gasteiger partial charge in [-0.3, -0.25) is 0 Å². The number of ether oxygens (including phenoxy) is 2. The van der Waals surface area contributed by atoms with E-state index in [1.165, 1.54) is 13.2 Å². The summed E-state index contributed by atoms with van der Waals surface area (Å²) < 4.78 is 10.4. The zero-order valence-corrected chi connectivity index (χ0v) is 12.9. The van der Waals surface area contributed by atoms with E-state index in [-0.39, 0.29) is 5.75 Å². The summed E-state index contributed by atoms with van der Waals surface area (Å²) in [6.07, 6.45) is 3.41. The molecule has 0 saturated heterocycles. The molecule has 4 heteroatoms. The van der Waals surface area contributed by atoms with Gasteiger partial charge in [0.15, 0.2) is 11.5 Å². The molecular formula is C19H16O4. The molecule has 0 aromatic heterocycles. The average molecular weight is 308 g/mol. The predicted octanol–water partition coefficient (Wildman–Crippen LogP) is 3.69. The maximum absolute atomic E-state index is 12.0. The molecule has 3 rings (SSSR count). The normalized spacial score (nSPS) is 15.5. The fourth-order valence-electron chi connectivity index (χ4n) is 2.31. The molecule has 23 heavy (non-hydrogen) atoms. The van der Waals surface area contributed by atoms with Gasteiger partial charge in [0.25, 0.3) is 0 Å². The standard InChI is InChI=1S/C19H16O4/c1-12-3-6-14(7-4-12)17-11-15(19(21)23-17)9-13-5-8-16(20)18(10-13)22-2/h3-11,20H,1-2H3. The highest BCUT2D eigenvalue weighted by Crippen LogP contribution is 2.30. The van der Waals surface area contributed by atoms with Gasteiger partial charge in [0.2, 0.25) is 0 Å². The highest BCUT2D eigenvalue weighted by atomic mass is 16.5. The zero-order valence-electron chi connectivity index (χ0n) is 12.9. The molecule has 0 saturated carbocycles. The first-order chi connectivity index (χ1) is 11.1. The third-order valence-electron chi connectivity index (χ3n) is 3.59. The molecule has 1 heterocycles. The molecule has 0 aliphatic carbocycles. The second kappa shape index (κ2) is 6.01. The summed E-state index contributed by atoms with van der Waals surface area (Å²) >= 11 is 0. The van der Waals surface area contributed by atoms with E-state index in [9.17, 15) is 9.90 Å². The third-order valence-corrected chi connectivity index (χ3v) is 3.59. The summed E-state index contributed by atoms with van der Waals surface area (Å²) in [4.78, 5) is 12.0. The number of carbonyl (C=O) groups excluding carboxylic acids is 1. The van der Waals surface area contributed by atoms with Crippen molar-refractivity contribution in [3.8, 4) is 11.5 Å². The molecule has 2 aromatic rings. The van der Waals surface area contributed by atoms with E-state index in [4.69, 9.17) is 9.47 Å². The van der Waals surface area contributed by atoms with Crippen molar-refractivity contribution in [3.05, 3.63) is 70.8 Å². The molecule has 0 fully saturated rings. The molecule has 1 aliphatic rings. The van der Waals surface area contributed by atoms with Gasteiger partial charge < -0.3 is 14.6 Å². The van der Waals surface area contributed by atoms with Crippen molar-refractivity contribution in [2.45, 2.75) is 6.92 Å². The minimum Gasteiger partial charge on any atom is -0.504 e. The summed E-state index contributed by atoms with van der Waals surface area (Å²) in [7, 11) is 1.48. The molecule has 0 unspecified atom stereocenters. The van der Waals surface area contributed by atoms with Crippen LogP contribution in [0.5, 0.6) is 11.5 Å². The first kappa shape index (κ1) is 14.9. The van der Waals surface area contributed by atoms with Gasteiger partial charge in [-0.05, 0) is 36.8 Å². The minimum absolute atomic E-state index is 0.0551. The monoisotopic (exact) mass is 308 g/mol. The minimum atomic E-state index is -0.396. The molecule has 4 nitrogen and oxygen atoms in total. The van der Waals surface area contributed by atoms with Crippen LogP contribution in [0.4, 0.5) is 0 Å². The Balaban J connectivity index is 1.93. The number of aryl methyl sites for hydroxylation is 1. The number of phenols is 1. The first-order valence-electron chi connectivity index (χ1n) is 7.16. The molecule has 1 N–H and O–H groups in total. The van der Waals surface area contributed by atoms with Crippen molar-refractivity contribution in [2.24, 2.45) is 0 Å². The maximum Gasteiger partial charge on any atom is 0.343 e. The van der Waals surface area contributed by atoms with Gasteiger partial charge in [0.1, 0.15) is 5.76 Å². The van der Waals surface area contributed by atoms with Crippen LogP contribution in [0.25, 0.3) is 11.8 Å². The van der Waals surface area contributed by atoms with Crippen LogP contribution in [0.3, 0.4) is 0 Å². The smallest absolute Gasteiger partial charge is 0.343 e. The van der Waals surface area contributed by atoms with Crippen LogP contribution < -0.4 is 4.74 Å². The largest absolute Gasteiger partial charge is 0.504 e. The van der Waals surface area contributed by atoms with Crippen molar-refractivity contribution in [1.29, 1.82) is 0 Å². The second-order valence-corrected chi connectivity index (χ2v) is 5.30. The lowest BCUT2D eigenvalue weighted by Crippen LogP contribution is -1.97. The van der Waals surface area contributed by atoms with Crippen LogP contribution in [0.15, 0.2) is 54.1 Å². The Hall–Kier alpha value is -3.01. The van der Waals surface area contributed by atoms with Gasteiger partial charge in [-0.1, -0.05) is 35.9 Å². The van der Waals surface area contributed by atoms with Crippen molar-refractivity contribution in [1.82, 2.24) is 0 Å². The number of hydrogen-bond donors (Lipinski definition) is 1. The van der Waals surface area contributed by atoms with Crippen molar-refractivity contribution in [2.75, 3.05) is 7.11 Å². The number of carbonyl (C=O) groups is 1. The quantitative estimate of drug-likeness (QED) is 0.694. The first-order valence-corrected chi connectivity index (χ1v) is 7.16. The Labute approximate surface area is 134 Å². The van der Waals surface area contributed by atoms with E-state index in [1.807, 2.05) is 31.2 Å². The number of methoxy groups -OCH3 is 1. The molecule has 1 aliphatic heterocycles. The summed E-state index contributed by atoms with van der Waals surface area (Å²) in [5, 5.41) is 9.61. The van der Waals surface area contributed by atoms with Crippen LogP contribution in [-0.2, 0) is 9.53 Å². The summed E-state index contributed by atoms with van der Waals surface area (Å²) in [6, 6.07) is 12.7. The number of cyclic esters (lactones) is 1. The van der Waals surface area contributed by atoms with Crippen LogP contribution in [0, 0.1) is 6.92 Å². The molecule has 2 aromatic carbocycles. The molecule has 0 radical (unpaired) electrons. The molecule has 0 bridgehead atoms. The van der Waals surface area contributed by atoms with Crippen LogP contribution in [0.1, 0.15) is 16.7 Å². The van der Waals surface area contributed by atoms with Crippen molar-refractivity contribution >= 4 is 17.8 Å². The topological polar surface area (TPSA) is 55.8 Å². The lowest BCUT2D eigenvalue weighted by Gasteiger charge is -2.03. The van der Waals surface area contributed by atoms with Gasteiger partial charge in [-0.15, -0.1) is 0 Å². The Kier molecular flexibility index (Phi) is 3.89. The van der Waals surface area contributed by atoms with E-state index >= 15 is 0 Å². The number of hydrogen-bond acceptors (Lipinski definition) is 4. The van der Waals surface area contributed by atoms with Crippen LogP contribution in [0.2, 0.25) is 0 Å². The number of rotatable bonds is 3. The Morgan fingerprint density at radius 3 is 2.57 bits per heavy atom. The number of benzene rings is 2. The van der Waals surface area contributed by atoms with E-state index in [2.05, 4.69) is 0 Å². The summed E-state index contributed by atoms with van der Waals surface area (Å²) in [5.41, 5.74) is 3.20.